The van der Waals surface area contributed by atoms with Gasteiger partial charge in [0.05, 0.1) is 11.6 Å². The van der Waals surface area contributed by atoms with Crippen molar-refractivity contribution >= 4 is 22.3 Å². The van der Waals surface area contributed by atoms with Gasteiger partial charge >= 0.3 is 5.97 Å². The van der Waals surface area contributed by atoms with Crippen molar-refractivity contribution in [2.45, 2.75) is 6.92 Å². The first-order valence-corrected chi connectivity index (χ1v) is 4.64. The molecule has 0 bridgehead atoms. The van der Waals surface area contributed by atoms with Gasteiger partial charge in [-0.05, 0) is 24.4 Å². The van der Waals surface area contributed by atoms with E-state index in [4.69, 9.17) is 4.74 Å². The maximum Gasteiger partial charge on any atom is 0.325 e. The molecule has 0 amide bonds. The van der Waals surface area contributed by atoms with E-state index in [2.05, 4.69) is 5.32 Å². The van der Waals surface area contributed by atoms with Gasteiger partial charge in [-0.15, -0.1) is 11.3 Å². The van der Waals surface area contributed by atoms with Gasteiger partial charge in [0.25, 0.3) is 0 Å². The second-order valence-corrected chi connectivity index (χ2v) is 3.08. The third-order valence-corrected chi connectivity index (χ3v) is 2.06. The molecule has 66 valence electrons. The predicted molar refractivity (Wildman–Crippen MR) is 49.4 cm³/mol. The molecule has 0 spiro atoms. The molecule has 0 atom stereocenters. The first kappa shape index (κ1) is 9.06. The molecule has 1 rings (SSSR count). The Kier molecular flexibility index (Phi) is 3.60. The van der Waals surface area contributed by atoms with Crippen molar-refractivity contribution in [2.75, 3.05) is 18.5 Å². The fraction of sp³-hybridized carbons (Fsp3) is 0.375. The highest BCUT2D eigenvalue weighted by Gasteiger charge is 2.00. The summed E-state index contributed by atoms with van der Waals surface area (Å²) in [6.45, 7) is 2.47. The zero-order valence-electron chi connectivity index (χ0n) is 6.87. The quantitative estimate of drug-likeness (QED) is 0.726. The van der Waals surface area contributed by atoms with Gasteiger partial charge in [-0.3, -0.25) is 4.79 Å². The van der Waals surface area contributed by atoms with Crippen molar-refractivity contribution in [3.8, 4) is 0 Å². The number of thiophene rings is 1. The molecule has 0 unspecified atom stereocenters. The van der Waals surface area contributed by atoms with Crippen LogP contribution in [-0.4, -0.2) is 19.1 Å². The molecule has 1 aromatic rings. The third-order valence-electron chi connectivity index (χ3n) is 1.23. The Balaban J connectivity index is 2.22. The SMILES string of the molecule is CCOC(=O)CNc1cccs1. The van der Waals surface area contributed by atoms with E-state index in [0.717, 1.165) is 5.00 Å². The summed E-state index contributed by atoms with van der Waals surface area (Å²) in [7, 11) is 0. The topological polar surface area (TPSA) is 38.3 Å². The molecular formula is C8H11NO2S. The Labute approximate surface area is 75.4 Å². The van der Waals surface area contributed by atoms with Crippen LogP contribution >= 0.6 is 11.3 Å². The van der Waals surface area contributed by atoms with Gasteiger partial charge < -0.3 is 10.1 Å². The highest BCUT2D eigenvalue weighted by Crippen LogP contribution is 2.13. The van der Waals surface area contributed by atoms with Crippen molar-refractivity contribution < 1.29 is 9.53 Å². The molecule has 0 saturated carbocycles. The molecule has 12 heavy (non-hydrogen) atoms. The lowest BCUT2D eigenvalue weighted by molar-refractivity contribution is -0.140. The molecule has 3 nitrogen and oxygen atoms in total. The third kappa shape index (κ3) is 2.92. The Morgan fingerprint density at radius 2 is 2.58 bits per heavy atom. The highest BCUT2D eigenvalue weighted by molar-refractivity contribution is 7.14. The van der Waals surface area contributed by atoms with E-state index < -0.39 is 0 Å². The lowest BCUT2D eigenvalue weighted by Crippen LogP contribution is -2.15. The highest BCUT2D eigenvalue weighted by atomic mass is 32.1. The number of anilines is 1. The van der Waals surface area contributed by atoms with Crippen LogP contribution in [0.5, 0.6) is 0 Å². The van der Waals surface area contributed by atoms with Gasteiger partial charge in [0, 0.05) is 0 Å². The minimum atomic E-state index is -0.217. The fourth-order valence-electron chi connectivity index (χ4n) is 0.750. The Hall–Kier alpha value is -1.03. The molecular weight excluding hydrogens is 174 g/mol. The standard InChI is InChI=1S/C8H11NO2S/c1-2-11-8(10)6-9-7-4-3-5-12-7/h3-5,9H,2,6H2,1H3. The summed E-state index contributed by atoms with van der Waals surface area (Å²) in [5.41, 5.74) is 0. The number of nitrogens with one attached hydrogen (secondary N) is 1. The summed E-state index contributed by atoms with van der Waals surface area (Å²) in [5.74, 6) is -0.217. The van der Waals surface area contributed by atoms with Crippen molar-refractivity contribution in [2.24, 2.45) is 0 Å². The number of carbonyl (C=O) groups excluding carboxylic acids is 1. The van der Waals surface area contributed by atoms with Crippen LogP contribution in [-0.2, 0) is 9.53 Å². The second-order valence-electron chi connectivity index (χ2n) is 2.14. The summed E-state index contributed by atoms with van der Waals surface area (Å²) in [5, 5.41) is 5.89. The summed E-state index contributed by atoms with van der Waals surface area (Å²) in [6, 6.07) is 3.85. The number of hydrogen-bond donors (Lipinski definition) is 1. The summed E-state index contributed by atoms with van der Waals surface area (Å²) < 4.78 is 4.74. The smallest absolute Gasteiger partial charge is 0.325 e. The maximum atomic E-state index is 10.9. The summed E-state index contributed by atoms with van der Waals surface area (Å²) in [6.07, 6.45) is 0. The van der Waals surface area contributed by atoms with Crippen molar-refractivity contribution in [3.05, 3.63) is 17.5 Å². The molecule has 0 fully saturated rings. The first-order chi connectivity index (χ1) is 5.83. The Bertz CT molecular complexity index is 233. The molecule has 0 aliphatic carbocycles. The molecule has 1 aromatic heterocycles. The second kappa shape index (κ2) is 4.77. The molecule has 0 aromatic carbocycles. The van der Waals surface area contributed by atoms with Gasteiger partial charge in [0.2, 0.25) is 0 Å². The zero-order valence-corrected chi connectivity index (χ0v) is 7.69. The first-order valence-electron chi connectivity index (χ1n) is 3.76. The van der Waals surface area contributed by atoms with Gasteiger partial charge in [-0.2, -0.15) is 0 Å². The number of esters is 1. The van der Waals surface area contributed by atoms with E-state index in [1.165, 1.54) is 0 Å². The molecule has 0 radical (unpaired) electrons. The van der Waals surface area contributed by atoms with Crippen LogP contribution in [0, 0.1) is 0 Å². The monoisotopic (exact) mass is 185 g/mol. The maximum absolute atomic E-state index is 10.9. The van der Waals surface area contributed by atoms with Crippen LogP contribution in [0.1, 0.15) is 6.92 Å². The largest absolute Gasteiger partial charge is 0.465 e. The van der Waals surface area contributed by atoms with Gasteiger partial charge in [0.15, 0.2) is 0 Å². The average molecular weight is 185 g/mol. The van der Waals surface area contributed by atoms with E-state index in [1.54, 1.807) is 18.3 Å². The van der Waals surface area contributed by atoms with Crippen LogP contribution in [0.4, 0.5) is 5.00 Å². The molecule has 0 aliphatic heterocycles. The predicted octanol–water partition coefficient (Wildman–Crippen LogP) is 1.72. The van der Waals surface area contributed by atoms with Crippen molar-refractivity contribution in [1.82, 2.24) is 0 Å². The van der Waals surface area contributed by atoms with Crippen LogP contribution in [0.15, 0.2) is 17.5 Å². The molecule has 0 saturated heterocycles. The lowest BCUT2D eigenvalue weighted by Gasteiger charge is -2.02. The van der Waals surface area contributed by atoms with Crippen molar-refractivity contribution in [3.63, 3.8) is 0 Å². The van der Waals surface area contributed by atoms with Crippen molar-refractivity contribution in [1.29, 1.82) is 0 Å². The van der Waals surface area contributed by atoms with E-state index in [1.807, 2.05) is 17.5 Å². The minimum absolute atomic E-state index is 0.217. The van der Waals surface area contributed by atoms with E-state index in [9.17, 15) is 4.79 Å². The number of hydrogen-bond acceptors (Lipinski definition) is 4. The minimum Gasteiger partial charge on any atom is -0.465 e. The molecule has 4 heteroatoms. The Morgan fingerprint density at radius 1 is 1.75 bits per heavy atom. The van der Waals surface area contributed by atoms with Gasteiger partial charge in [-0.1, -0.05) is 0 Å². The van der Waals surface area contributed by atoms with Crippen LogP contribution in [0.2, 0.25) is 0 Å². The van der Waals surface area contributed by atoms with E-state index >= 15 is 0 Å². The van der Waals surface area contributed by atoms with Gasteiger partial charge in [-0.25, -0.2) is 0 Å². The Morgan fingerprint density at radius 3 is 3.17 bits per heavy atom. The summed E-state index contributed by atoms with van der Waals surface area (Å²) in [4.78, 5) is 10.9. The van der Waals surface area contributed by atoms with Crippen LogP contribution < -0.4 is 5.32 Å². The number of carbonyl (C=O) groups is 1. The number of rotatable bonds is 4. The molecule has 0 aliphatic rings. The van der Waals surface area contributed by atoms with E-state index in [0.29, 0.717) is 6.61 Å². The van der Waals surface area contributed by atoms with Gasteiger partial charge in [0.1, 0.15) is 6.54 Å². The normalized spacial score (nSPS) is 9.42. The molecule has 1 N–H and O–H groups in total. The summed E-state index contributed by atoms with van der Waals surface area (Å²) >= 11 is 1.56. The average Bonchev–Trinajstić information content (AvgIpc) is 2.53. The molecule has 1 heterocycles. The number of ether oxygens (including phenoxy) is 1. The zero-order chi connectivity index (χ0) is 8.81. The van der Waals surface area contributed by atoms with Crippen LogP contribution in [0.25, 0.3) is 0 Å². The lowest BCUT2D eigenvalue weighted by atomic mass is 10.6. The van der Waals surface area contributed by atoms with Crippen LogP contribution in [0.3, 0.4) is 0 Å². The fourth-order valence-corrected chi connectivity index (χ4v) is 1.37. The van der Waals surface area contributed by atoms with E-state index in [-0.39, 0.29) is 12.5 Å².